The Bertz CT molecular complexity index is 237. The second kappa shape index (κ2) is 2.97. The molecule has 50 valence electrons. The molecule has 1 rings (SSSR count). The van der Waals surface area contributed by atoms with Gasteiger partial charge in [0.25, 0.3) is 0 Å². The first kappa shape index (κ1) is 7.48. The number of benzene rings is 1. The molecule has 0 aliphatic rings. The van der Waals surface area contributed by atoms with Crippen LogP contribution >= 0.6 is 11.6 Å². The van der Waals surface area contributed by atoms with E-state index in [1.54, 1.807) is 12.1 Å². The molecule has 0 aliphatic carbocycles. The van der Waals surface area contributed by atoms with E-state index in [0.29, 0.717) is 17.0 Å². The summed E-state index contributed by atoms with van der Waals surface area (Å²) in [5.74, 6) is 0. The van der Waals surface area contributed by atoms with Crippen LogP contribution in [-0.4, -0.2) is 7.85 Å². The lowest BCUT2D eigenvalue weighted by Crippen LogP contribution is -1.93. The Morgan fingerprint density at radius 2 is 2.20 bits per heavy atom. The van der Waals surface area contributed by atoms with E-state index >= 15 is 0 Å². The summed E-state index contributed by atoms with van der Waals surface area (Å²) >= 11 is 5.65. The minimum absolute atomic E-state index is 0.461. The summed E-state index contributed by atoms with van der Waals surface area (Å²) in [4.78, 5) is 0. The highest BCUT2D eigenvalue weighted by Crippen LogP contribution is 2.17. The highest BCUT2D eigenvalue weighted by atomic mass is 35.5. The Morgan fingerprint density at radius 3 is 2.70 bits per heavy atom. The standard InChI is InChI=1S/C7H7BClN/c8-4-5-1-2-6(9)3-7(5)10/h1-3H,4,10H2. The van der Waals surface area contributed by atoms with Gasteiger partial charge in [0.1, 0.15) is 0 Å². The maximum Gasteiger partial charge on any atom is 0.0717 e. The fourth-order valence-electron chi connectivity index (χ4n) is 0.752. The largest absolute Gasteiger partial charge is 0.398 e. The molecule has 0 aliphatic heterocycles. The number of nitrogens with two attached hydrogens (primary N) is 1. The molecule has 2 radical (unpaired) electrons. The second-order valence-electron chi connectivity index (χ2n) is 2.05. The van der Waals surface area contributed by atoms with Gasteiger partial charge in [-0.15, -0.1) is 0 Å². The van der Waals surface area contributed by atoms with Crippen molar-refractivity contribution in [3.8, 4) is 0 Å². The van der Waals surface area contributed by atoms with Gasteiger partial charge >= 0.3 is 0 Å². The average molecular weight is 151 g/mol. The number of nitrogen functional groups attached to an aromatic ring is 1. The number of hydrogen-bond donors (Lipinski definition) is 1. The lowest BCUT2D eigenvalue weighted by Gasteiger charge is -2.01. The monoisotopic (exact) mass is 151 g/mol. The maximum absolute atomic E-state index is 5.65. The summed E-state index contributed by atoms with van der Waals surface area (Å²) in [5.41, 5.74) is 7.16. The molecule has 2 N–H and O–H groups in total. The lowest BCUT2D eigenvalue weighted by molar-refractivity contribution is 1.40. The van der Waals surface area contributed by atoms with Gasteiger partial charge in [0, 0.05) is 10.7 Å². The average Bonchev–Trinajstić information content (AvgIpc) is 1.88. The smallest absolute Gasteiger partial charge is 0.0717 e. The fraction of sp³-hybridized carbons (Fsp3) is 0.143. The number of rotatable bonds is 1. The van der Waals surface area contributed by atoms with Gasteiger partial charge in [-0.1, -0.05) is 24.0 Å². The quantitative estimate of drug-likeness (QED) is 0.479. The van der Waals surface area contributed by atoms with Crippen molar-refractivity contribution < 1.29 is 0 Å². The van der Waals surface area contributed by atoms with Crippen LogP contribution in [0.1, 0.15) is 5.56 Å². The van der Waals surface area contributed by atoms with Crippen molar-refractivity contribution in [1.29, 1.82) is 0 Å². The van der Waals surface area contributed by atoms with Crippen LogP contribution in [-0.2, 0) is 6.32 Å². The van der Waals surface area contributed by atoms with Gasteiger partial charge in [-0.3, -0.25) is 0 Å². The zero-order valence-electron chi connectivity index (χ0n) is 5.47. The summed E-state index contributed by atoms with van der Waals surface area (Å²) in [5, 5.41) is 0.648. The van der Waals surface area contributed by atoms with Gasteiger partial charge in [0.15, 0.2) is 0 Å². The Morgan fingerprint density at radius 1 is 1.50 bits per heavy atom. The highest BCUT2D eigenvalue weighted by molar-refractivity contribution is 6.30. The van der Waals surface area contributed by atoms with Crippen LogP contribution in [0.3, 0.4) is 0 Å². The molecule has 0 aromatic heterocycles. The van der Waals surface area contributed by atoms with Crippen LogP contribution < -0.4 is 5.73 Å². The van der Waals surface area contributed by atoms with Gasteiger partial charge in [0.05, 0.1) is 7.85 Å². The molecule has 0 saturated carbocycles. The number of hydrogen-bond acceptors (Lipinski definition) is 1. The predicted octanol–water partition coefficient (Wildman–Crippen LogP) is 1.59. The van der Waals surface area contributed by atoms with Gasteiger partial charge < -0.3 is 5.73 Å². The minimum Gasteiger partial charge on any atom is -0.398 e. The van der Waals surface area contributed by atoms with Crippen molar-refractivity contribution >= 4 is 25.1 Å². The fourth-order valence-corrected chi connectivity index (χ4v) is 0.932. The van der Waals surface area contributed by atoms with Crippen molar-refractivity contribution in [2.24, 2.45) is 0 Å². The highest BCUT2D eigenvalue weighted by Gasteiger charge is 1.95. The normalized spacial score (nSPS) is 9.70. The van der Waals surface area contributed by atoms with Gasteiger partial charge in [-0.2, -0.15) is 0 Å². The van der Waals surface area contributed by atoms with E-state index in [-0.39, 0.29) is 0 Å². The van der Waals surface area contributed by atoms with Crippen LogP contribution in [0.5, 0.6) is 0 Å². The molecular weight excluding hydrogens is 144 g/mol. The van der Waals surface area contributed by atoms with E-state index in [1.807, 2.05) is 6.07 Å². The molecule has 0 heterocycles. The van der Waals surface area contributed by atoms with Crippen molar-refractivity contribution in [3.05, 3.63) is 28.8 Å². The first-order valence-electron chi connectivity index (χ1n) is 2.98. The molecule has 1 nitrogen and oxygen atoms in total. The topological polar surface area (TPSA) is 26.0 Å². The summed E-state index contributed by atoms with van der Waals surface area (Å²) in [6, 6.07) is 5.31. The van der Waals surface area contributed by atoms with Crippen LogP contribution in [0, 0.1) is 0 Å². The van der Waals surface area contributed by atoms with E-state index < -0.39 is 0 Å². The second-order valence-corrected chi connectivity index (χ2v) is 2.48. The Balaban J connectivity index is 3.07. The molecule has 0 saturated heterocycles. The van der Waals surface area contributed by atoms with Crippen LogP contribution in [0.2, 0.25) is 5.02 Å². The zero-order valence-corrected chi connectivity index (χ0v) is 6.23. The Labute approximate surface area is 66.6 Å². The van der Waals surface area contributed by atoms with E-state index in [0.717, 1.165) is 5.56 Å². The molecule has 1 aromatic rings. The molecule has 0 bridgehead atoms. The van der Waals surface area contributed by atoms with Crippen molar-refractivity contribution in [2.45, 2.75) is 6.32 Å². The minimum atomic E-state index is 0.461. The van der Waals surface area contributed by atoms with Gasteiger partial charge in [-0.25, -0.2) is 0 Å². The predicted molar refractivity (Wildman–Crippen MR) is 45.3 cm³/mol. The van der Waals surface area contributed by atoms with Crippen LogP contribution in [0.4, 0.5) is 5.69 Å². The van der Waals surface area contributed by atoms with Crippen molar-refractivity contribution in [1.82, 2.24) is 0 Å². The van der Waals surface area contributed by atoms with Crippen LogP contribution in [0.25, 0.3) is 0 Å². The Kier molecular flexibility index (Phi) is 2.23. The summed E-state index contributed by atoms with van der Waals surface area (Å²) in [6.07, 6.45) is 0.461. The number of halogens is 1. The molecule has 1 aromatic carbocycles. The van der Waals surface area contributed by atoms with E-state index in [9.17, 15) is 0 Å². The van der Waals surface area contributed by atoms with Crippen molar-refractivity contribution in [2.75, 3.05) is 5.73 Å². The zero-order chi connectivity index (χ0) is 7.56. The lowest BCUT2D eigenvalue weighted by atomic mass is 9.96. The van der Waals surface area contributed by atoms with E-state index in [2.05, 4.69) is 0 Å². The third-order valence-electron chi connectivity index (χ3n) is 1.33. The summed E-state index contributed by atoms with van der Waals surface area (Å²) in [7, 11) is 5.38. The maximum atomic E-state index is 5.65. The summed E-state index contributed by atoms with van der Waals surface area (Å²) in [6.45, 7) is 0. The third kappa shape index (κ3) is 1.45. The molecule has 0 spiro atoms. The molecule has 0 unspecified atom stereocenters. The summed E-state index contributed by atoms with van der Waals surface area (Å²) < 4.78 is 0. The van der Waals surface area contributed by atoms with Crippen molar-refractivity contribution in [3.63, 3.8) is 0 Å². The molecule has 3 heteroatoms. The van der Waals surface area contributed by atoms with E-state index in [4.69, 9.17) is 25.2 Å². The van der Waals surface area contributed by atoms with E-state index in [1.165, 1.54) is 0 Å². The first-order chi connectivity index (χ1) is 4.74. The SMILES string of the molecule is [B]Cc1ccc(Cl)cc1N. The van der Waals surface area contributed by atoms with Gasteiger partial charge in [-0.05, 0) is 17.7 Å². The molecule has 0 atom stereocenters. The molecule has 10 heavy (non-hydrogen) atoms. The molecule has 0 amide bonds. The number of anilines is 1. The first-order valence-corrected chi connectivity index (χ1v) is 3.36. The van der Waals surface area contributed by atoms with Gasteiger partial charge in [0.2, 0.25) is 0 Å². The van der Waals surface area contributed by atoms with Crippen LogP contribution in [0.15, 0.2) is 18.2 Å². The molecular formula is C7H7BClN. The third-order valence-corrected chi connectivity index (χ3v) is 1.56. The Hall–Kier alpha value is -0.625. The molecule has 0 fully saturated rings.